The Morgan fingerprint density at radius 2 is 1.00 bits per heavy atom. The smallest absolute Gasteiger partial charge is 0.0474 e. The van der Waals surface area contributed by atoms with Crippen LogP contribution in [0.2, 0.25) is 0 Å². The highest BCUT2D eigenvalue weighted by atomic mass is 35.5. The summed E-state index contributed by atoms with van der Waals surface area (Å²) in [6.07, 6.45) is 23.2. The van der Waals surface area contributed by atoms with Crippen molar-refractivity contribution in [2.24, 2.45) is 0 Å². The number of benzene rings is 1. The molecular formula is C26H48ClN. The van der Waals surface area contributed by atoms with E-state index in [2.05, 4.69) is 12.2 Å². The summed E-state index contributed by atoms with van der Waals surface area (Å²) >= 11 is 5.53. The van der Waals surface area contributed by atoms with E-state index in [-0.39, 0.29) is 0 Å². The van der Waals surface area contributed by atoms with Gasteiger partial charge in [-0.1, -0.05) is 134 Å². The van der Waals surface area contributed by atoms with Crippen LogP contribution in [0.15, 0.2) is 30.3 Å². The van der Waals surface area contributed by atoms with E-state index in [1.165, 1.54) is 115 Å². The van der Waals surface area contributed by atoms with E-state index in [0.717, 1.165) is 0 Å². The van der Waals surface area contributed by atoms with Crippen LogP contribution >= 0.6 is 11.6 Å². The first-order valence-electron chi connectivity index (χ1n) is 12.1. The van der Waals surface area contributed by atoms with Crippen LogP contribution in [-0.4, -0.2) is 13.6 Å². The number of halogens is 1. The van der Waals surface area contributed by atoms with Crippen molar-refractivity contribution >= 4 is 11.6 Å². The molecule has 0 saturated heterocycles. The Morgan fingerprint density at radius 1 is 0.607 bits per heavy atom. The van der Waals surface area contributed by atoms with Crippen LogP contribution in [0.5, 0.6) is 0 Å². The summed E-state index contributed by atoms with van der Waals surface area (Å²) in [5.74, 6) is 0.612. The lowest BCUT2D eigenvalue weighted by molar-refractivity contribution is 0.528. The SMILES string of the molecule is CCCCCCCCCCCCCCCCCCNC.ClCc1ccccc1. The zero-order valence-electron chi connectivity index (χ0n) is 19.0. The Hall–Kier alpha value is -0.530. The van der Waals surface area contributed by atoms with Gasteiger partial charge in [-0.15, -0.1) is 11.6 Å². The van der Waals surface area contributed by atoms with E-state index < -0.39 is 0 Å². The summed E-state index contributed by atoms with van der Waals surface area (Å²) in [7, 11) is 2.05. The molecule has 0 bridgehead atoms. The molecule has 0 aromatic heterocycles. The fourth-order valence-corrected chi connectivity index (χ4v) is 3.60. The molecule has 1 rings (SSSR count). The Morgan fingerprint density at radius 3 is 1.32 bits per heavy atom. The average molecular weight is 410 g/mol. The van der Waals surface area contributed by atoms with Crippen molar-refractivity contribution in [2.75, 3.05) is 13.6 Å². The second-order valence-corrected chi connectivity index (χ2v) is 8.29. The molecule has 0 spiro atoms. The molecule has 0 saturated carbocycles. The van der Waals surface area contributed by atoms with Gasteiger partial charge in [-0.25, -0.2) is 0 Å². The van der Waals surface area contributed by atoms with Gasteiger partial charge >= 0.3 is 0 Å². The van der Waals surface area contributed by atoms with Crippen molar-refractivity contribution in [1.29, 1.82) is 0 Å². The minimum Gasteiger partial charge on any atom is -0.320 e. The van der Waals surface area contributed by atoms with Crippen LogP contribution in [0, 0.1) is 0 Å². The van der Waals surface area contributed by atoms with Crippen LogP contribution in [0.4, 0.5) is 0 Å². The number of unbranched alkanes of at least 4 members (excludes halogenated alkanes) is 15. The zero-order chi connectivity index (χ0) is 20.5. The standard InChI is InChI=1S/C19H41N.C7H7Cl/c1-3-4-5-6-7-8-9-10-11-12-13-14-15-16-17-18-19-20-2;8-6-7-4-2-1-3-5-7/h20H,3-19H2,1-2H3;1-5H,6H2. The fourth-order valence-electron chi connectivity index (χ4n) is 3.42. The van der Waals surface area contributed by atoms with Gasteiger partial charge < -0.3 is 5.32 Å². The third-order valence-electron chi connectivity index (χ3n) is 5.28. The number of hydrogen-bond donors (Lipinski definition) is 1. The van der Waals surface area contributed by atoms with Crippen molar-refractivity contribution < 1.29 is 0 Å². The predicted molar refractivity (Wildman–Crippen MR) is 129 cm³/mol. The molecule has 0 radical (unpaired) electrons. The Labute approximate surface area is 182 Å². The molecule has 0 atom stereocenters. The molecule has 164 valence electrons. The average Bonchev–Trinajstić information content (AvgIpc) is 2.74. The minimum absolute atomic E-state index is 0.612. The molecule has 0 amide bonds. The molecule has 0 unspecified atom stereocenters. The van der Waals surface area contributed by atoms with Gasteiger partial charge in [0.25, 0.3) is 0 Å². The maximum atomic E-state index is 5.53. The largest absolute Gasteiger partial charge is 0.320 e. The molecule has 0 aliphatic rings. The van der Waals surface area contributed by atoms with Gasteiger partial charge in [-0.05, 0) is 25.6 Å². The first kappa shape index (κ1) is 27.5. The molecule has 0 aliphatic carbocycles. The number of nitrogens with one attached hydrogen (secondary N) is 1. The summed E-state index contributed by atoms with van der Waals surface area (Å²) < 4.78 is 0. The van der Waals surface area contributed by atoms with E-state index in [1.54, 1.807) is 0 Å². The minimum atomic E-state index is 0.612. The van der Waals surface area contributed by atoms with E-state index in [1.807, 2.05) is 37.4 Å². The highest BCUT2D eigenvalue weighted by molar-refractivity contribution is 6.17. The number of rotatable bonds is 18. The van der Waals surface area contributed by atoms with Crippen LogP contribution < -0.4 is 5.32 Å². The lowest BCUT2D eigenvalue weighted by Gasteiger charge is -2.03. The summed E-state index contributed by atoms with van der Waals surface area (Å²) in [6, 6.07) is 9.96. The van der Waals surface area contributed by atoms with Crippen molar-refractivity contribution in [3.8, 4) is 0 Å². The summed E-state index contributed by atoms with van der Waals surface area (Å²) in [5, 5.41) is 3.22. The zero-order valence-corrected chi connectivity index (χ0v) is 19.7. The van der Waals surface area contributed by atoms with Gasteiger partial charge in [0.1, 0.15) is 0 Å². The molecule has 0 fully saturated rings. The van der Waals surface area contributed by atoms with Gasteiger partial charge in [0, 0.05) is 5.88 Å². The van der Waals surface area contributed by atoms with Gasteiger partial charge in [-0.3, -0.25) is 0 Å². The Bertz CT molecular complexity index is 361. The normalized spacial score (nSPS) is 10.5. The van der Waals surface area contributed by atoms with E-state index in [9.17, 15) is 0 Å². The number of hydrogen-bond acceptors (Lipinski definition) is 1. The van der Waals surface area contributed by atoms with Gasteiger partial charge in [-0.2, -0.15) is 0 Å². The van der Waals surface area contributed by atoms with Crippen LogP contribution in [0.1, 0.15) is 115 Å². The molecule has 1 N–H and O–H groups in total. The third-order valence-corrected chi connectivity index (χ3v) is 5.59. The van der Waals surface area contributed by atoms with Crippen LogP contribution in [0.3, 0.4) is 0 Å². The summed E-state index contributed by atoms with van der Waals surface area (Å²) in [5.41, 5.74) is 1.18. The Balaban J connectivity index is 0.000000749. The Kier molecular flexibility index (Phi) is 24.0. The van der Waals surface area contributed by atoms with Crippen molar-refractivity contribution in [1.82, 2.24) is 5.32 Å². The van der Waals surface area contributed by atoms with E-state index in [0.29, 0.717) is 5.88 Å². The van der Waals surface area contributed by atoms with Crippen LogP contribution in [0.25, 0.3) is 0 Å². The lowest BCUT2D eigenvalue weighted by Crippen LogP contribution is -2.06. The van der Waals surface area contributed by atoms with E-state index in [4.69, 9.17) is 11.6 Å². The van der Waals surface area contributed by atoms with Crippen molar-refractivity contribution in [3.63, 3.8) is 0 Å². The molecule has 0 heterocycles. The molecule has 2 heteroatoms. The first-order valence-corrected chi connectivity index (χ1v) is 12.6. The molecule has 1 nitrogen and oxygen atoms in total. The molecular weight excluding hydrogens is 362 g/mol. The summed E-state index contributed by atoms with van der Waals surface area (Å²) in [6.45, 7) is 3.49. The van der Waals surface area contributed by atoms with Gasteiger partial charge in [0.15, 0.2) is 0 Å². The topological polar surface area (TPSA) is 12.0 Å². The quantitative estimate of drug-likeness (QED) is 0.188. The highest BCUT2D eigenvalue weighted by Crippen LogP contribution is 2.13. The lowest BCUT2D eigenvalue weighted by atomic mass is 10.0. The maximum Gasteiger partial charge on any atom is 0.0474 e. The first-order chi connectivity index (χ1) is 13.8. The molecule has 0 aliphatic heterocycles. The monoisotopic (exact) mass is 409 g/mol. The van der Waals surface area contributed by atoms with Crippen molar-refractivity contribution in [2.45, 2.75) is 116 Å². The molecule has 1 aromatic carbocycles. The van der Waals surface area contributed by atoms with E-state index >= 15 is 0 Å². The third kappa shape index (κ3) is 21.8. The highest BCUT2D eigenvalue weighted by Gasteiger charge is 1.94. The maximum absolute atomic E-state index is 5.53. The second-order valence-electron chi connectivity index (χ2n) is 8.03. The molecule has 1 aromatic rings. The predicted octanol–water partition coefficient (Wildman–Crippen LogP) is 8.89. The fraction of sp³-hybridized carbons (Fsp3) is 0.769. The second kappa shape index (κ2) is 24.5. The summed E-state index contributed by atoms with van der Waals surface area (Å²) in [4.78, 5) is 0. The number of alkyl halides is 1. The van der Waals surface area contributed by atoms with Crippen LogP contribution in [-0.2, 0) is 5.88 Å². The van der Waals surface area contributed by atoms with Crippen molar-refractivity contribution in [3.05, 3.63) is 35.9 Å². The molecule has 28 heavy (non-hydrogen) atoms. The van der Waals surface area contributed by atoms with Gasteiger partial charge in [0.2, 0.25) is 0 Å². The van der Waals surface area contributed by atoms with Gasteiger partial charge in [0.05, 0.1) is 0 Å².